The van der Waals surface area contributed by atoms with Gasteiger partial charge in [-0.1, -0.05) is 18.2 Å². The Labute approximate surface area is 168 Å². The van der Waals surface area contributed by atoms with Crippen LogP contribution in [0, 0.1) is 17.1 Å². The fraction of sp³-hybridized carbons (Fsp3) is 0.364. The van der Waals surface area contributed by atoms with Crippen molar-refractivity contribution in [1.82, 2.24) is 10.2 Å². The molecule has 1 fully saturated rings. The molecular weight excluding hydrogens is 373 g/mol. The first-order valence-corrected chi connectivity index (χ1v) is 9.75. The van der Waals surface area contributed by atoms with Gasteiger partial charge in [-0.15, -0.1) is 0 Å². The molecule has 0 saturated carbocycles. The first-order valence-electron chi connectivity index (χ1n) is 9.75. The minimum Gasteiger partial charge on any atom is -0.493 e. The molecule has 0 spiro atoms. The second-order valence-electron chi connectivity index (χ2n) is 7.29. The molecule has 0 aliphatic carbocycles. The molecule has 0 aromatic heterocycles. The van der Waals surface area contributed by atoms with E-state index in [0.717, 1.165) is 11.3 Å². The zero-order valence-electron chi connectivity index (χ0n) is 15.9. The molecule has 0 bridgehead atoms. The molecule has 2 aromatic carbocycles. The van der Waals surface area contributed by atoms with E-state index in [0.29, 0.717) is 39.1 Å². The molecule has 6 nitrogen and oxygen atoms in total. The third kappa shape index (κ3) is 4.27. The van der Waals surface area contributed by atoms with Crippen molar-refractivity contribution >= 4 is 6.03 Å². The van der Waals surface area contributed by atoms with Crippen LogP contribution in [0.3, 0.4) is 0 Å². The van der Waals surface area contributed by atoms with Crippen LogP contribution < -0.4 is 14.8 Å². The second-order valence-corrected chi connectivity index (χ2v) is 7.29. The summed E-state index contributed by atoms with van der Waals surface area (Å²) in [7, 11) is 0. The number of amides is 2. The summed E-state index contributed by atoms with van der Waals surface area (Å²) < 4.78 is 25.4. The van der Waals surface area contributed by atoms with Crippen molar-refractivity contribution in [2.75, 3.05) is 26.2 Å². The van der Waals surface area contributed by atoms with Crippen molar-refractivity contribution < 1.29 is 18.7 Å². The summed E-state index contributed by atoms with van der Waals surface area (Å²) >= 11 is 0. The van der Waals surface area contributed by atoms with E-state index in [1.807, 2.05) is 30.3 Å². The lowest BCUT2D eigenvalue weighted by Crippen LogP contribution is -2.47. The van der Waals surface area contributed by atoms with Gasteiger partial charge < -0.3 is 19.7 Å². The van der Waals surface area contributed by atoms with Crippen molar-refractivity contribution in [2.45, 2.75) is 24.9 Å². The molecule has 1 N–H and O–H groups in total. The number of ether oxygens (including phenoxy) is 2. The number of hydrogen-bond donors (Lipinski definition) is 1. The van der Waals surface area contributed by atoms with Gasteiger partial charge in [-0.05, 0) is 24.3 Å². The number of nitrogens with zero attached hydrogens (tertiary/aromatic N) is 2. The number of nitrogens with one attached hydrogen (secondary N) is 1. The predicted molar refractivity (Wildman–Crippen MR) is 104 cm³/mol. The highest BCUT2D eigenvalue weighted by Crippen LogP contribution is 2.32. The van der Waals surface area contributed by atoms with Gasteiger partial charge in [-0.25, -0.2) is 9.18 Å². The maximum atomic E-state index is 14.0. The van der Waals surface area contributed by atoms with Crippen molar-refractivity contribution in [3.05, 3.63) is 59.4 Å². The van der Waals surface area contributed by atoms with Crippen LogP contribution >= 0.6 is 0 Å². The monoisotopic (exact) mass is 395 g/mol. The third-order valence-electron chi connectivity index (χ3n) is 5.38. The lowest BCUT2D eigenvalue weighted by atomic mass is 10.0. The Balaban J connectivity index is 1.24. The van der Waals surface area contributed by atoms with Crippen LogP contribution in [-0.2, 0) is 0 Å². The van der Waals surface area contributed by atoms with E-state index in [4.69, 9.17) is 14.7 Å². The molecule has 2 amide bonds. The Hall–Kier alpha value is -3.27. The van der Waals surface area contributed by atoms with E-state index in [2.05, 4.69) is 5.32 Å². The first kappa shape index (κ1) is 19.1. The molecule has 29 heavy (non-hydrogen) atoms. The number of fused-ring (bicyclic) bond motifs is 1. The zero-order chi connectivity index (χ0) is 20.2. The Kier molecular flexibility index (Phi) is 5.52. The van der Waals surface area contributed by atoms with Crippen LogP contribution in [0.25, 0.3) is 0 Å². The second kappa shape index (κ2) is 8.39. The van der Waals surface area contributed by atoms with E-state index in [1.165, 1.54) is 18.2 Å². The van der Waals surface area contributed by atoms with Gasteiger partial charge in [0.05, 0.1) is 18.2 Å². The van der Waals surface area contributed by atoms with Crippen LogP contribution in [0.1, 0.15) is 29.9 Å². The van der Waals surface area contributed by atoms with Crippen LogP contribution in [0.15, 0.2) is 42.5 Å². The average molecular weight is 395 g/mol. The number of carbonyl (C=O) groups excluding carboxylic acids is 1. The molecule has 2 aromatic rings. The highest BCUT2D eigenvalue weighted by atomic mass is 19.1. The lowest BCUT2D eigenvalue weighted by Gasteiger charge is -2.32. The number of carbonyl (C=O) groups is 1. The lowest BCUT2D eigenvalue weighted by molar-refractivity contribution is 0.107. The summed E-state index contributed by atoms with van der Waals surface area (Å²) in [5, 5.41) is 11.8. The molecule has 7 heteroatoms. The van der Waals surface area contributed by atoms with Crippen LogP contribution in [0.4, 0.5) is 9.18 Å². The predicted octanol–water partition coefficient (Wildman–Crippen LogP) is 3.43. The molecule has 1 atom stereocenters. The van der Waals surface area contributed by atoms with Crippen molar-refractivity contribution in [3.8, 4) is 17.6 Å². The molecule has 1 saturated heterocycles. The number of piperidine rings is 1. The minimum atomic E-state index is -0.539. The Morgan fingerprint density at radius 3 is 2.83 bits per heavy atom. The molecule has 1 unspecified atom stereocenters. The van der Waals surface area contributed by atoms with Gasteiger partial charge in [0.2, 0.25) is 0 Å². The SMILES string of the molecule is N#Cc1ccc(OC2CCN(C(=O)NCC3COc4ccccc43)CC2)c(F)c1. The summed E-state index contributed by atoms with van der Waals surface area (Å²) in [6.45, 7) is 2.20. The fourth-order valence-corrected chi connectivity index (χ4v) is 3.74. The van der Waals surface area contributed by atoms with Gasteiger partial charge in [0.25, 0.3) is 0 Å². The molecule has 4 rings (SSSR count). The van der Waals surface area contributed by atoms with Crippen LogP contribution in [0.5, 0.6) is 11.5 Å². The summed E-state index contributed by atoms with van der Waals surface area (Å²) in [4.78, 5) is 14.3. The van der Waals surface area contributed by atoms with Gasteiger partial charge in [0.15, 0.2) is 11.6 Å². The van der Waals surface area contributed by atoms with Gasteiger partial charge >= 0.3 is 6.03 Å². The number of rotatable bonds is 4. The van der Waals surface area contributed by atoms with Crippen LogP contribution in [-0.4, -0.2) is 43.3 Å². The summed E-state index contributed by atoms with van der Waals surface area (Å²) in [6.07, 6.45) is 1.10. The first-order chi connectivity index (χ1) is 14.1. The van der Waals surface area contributed by atoms with Crippen molar-refractivity contribution in [1.29, 1.82) is 5.26 Å². The standard InChI is InChI=1S/C22H22FN3O3/c23-19-11-15(12-24)5-6-21(19)29-17-7-9-26(10-8-17)22(27)25-13-16-14-28-20-4-2-1-3-18(16)20/h1-6,11,16-17H,7-10,13-14H2,(H,25,27). The molecule has 2 heterocycles. The fourth-order valence-electron chi connectivity index (χ4n) is 3.74. The molecule has 2 aliphatic rings. The highest BCUT2D eigenvalue weighted by Gasteiger charge is 2.27. The molecule has 150 valence electrons. The molecular formula is C22H22FN3O3. The van der Waals surface area contributed by atoms with E-state index in [1.54, 1.807) is 4.90 Å². The quantitative estimate of drug-likeness (QED) is 0.861. The van der Waals surface area contributed by atoms with Gasteiger partial charge in [0, 0.05) is 44.0 Å². The Morgan fingerprint density at radius 1 is 1.28 bits per heavy atom. The largest absolute Gasteiger partial charge is 0.493 e. The van der Waals surface area contributed by atoms with E-state index >= 15 is 0 Å². The van der Waals surface area contributed by atoms with Gasteiger partial charge in [-0.2, -0.15) is 5.26 Å². The van der Waals surface area contributed by atoms with Gasteiger partial charge in [0.1, 0.15) is 11.9 Å². The number of nitriles is 1. The maximum Gasteiger partial charge on any atom is 0.317 e. The summed E-state index contributed by atoms with van der Waals surface area (Å²) in [5.41, 5.74) is 1.39. The zero-order valence-corrected chi connectivity index (χ0v) is 15.9. The highest BCUT2D eigenvalue weighted by molar-refractivity contribution is 5.74. The number of urea groups is 1. The number of benzene rings is 2. The van der Waals surface area contributed by atoms with Crippen molar-refractivity contribution in [3.63, 3.8) is 0 Å². The van der Waals surface area contributed by atoms with E-state index in [9.17, 15) is 9.18 Å². The van der Waals surface area contributed by atoms with Gasteiger partial charge in [-0.3, -0.25) is 0 Å². The molecule has 0 radical (unpaired) electrons. The normalized spacial score (nSPS) is 18.5. The van der Waals surface area contributed by atoms with Crippen molar-refractivity contribution in [2.24, 2.45) is 0 Å². The number of hydrogen-bond acceptors (Lipinski definition) is 4. The maximum absolute atomic E-state index is 14.0. The smallest absolute Gasteiger partial charge is 0.317 e. The minimum absolute atomic E-state index is 0.0996. The summed E-state index contributed by atoms with van der Waals surface area (Å²) in [6, 6.07) is 13.9. The summed E-state index contributed by atoms with van der Waals surface area (Å²) in [5.74, 6) is 0.658. The van der Waals surface area contributed by atoms with Crippen LogP contribution in [0.2, 0.25) is 0 Å². The average Bonchev–Trinajstić information content (AvgIpc) is 3.17. The Morgan fingerprint density at radius 2 is 2.07 bits per heavy atom. The molecule has 2 aliphatic heterocycles. The Bertz CT molecular complexity index is 935. The van der Waals surface area contributed by atoms with E-state index in [-0.39, 0.29) is 29.4 Å². The topological polar surface area (TPSA) is 74.6 Å². The number of likely N-dealkylation sites (tertiary alicyclic amines) is 1. The third-order valence-corrected chi connectivity index (χ3v) is 5.38. The van der Waals surface area contributed by atoms with E-state index < -0.39 is 5.82 Å². The number of halogens is 1. The number of para-hydroxylation sites is 1.